The predicted octanol–water partition coefficient (Wildman–Crippen LogP) is 4.70. The van der Waals surface area contributed by atoms with Gasteiger partial charge in [0.25, 0.3) is 0 Å². The minimum absolute atomic E-state index is 0.111. The number of rotatable bonds is 8. The van der Waals surface area contributed by atoms with Crippen LogP contribution in [-0.4, -0.2) is 16.2 Å². The van der Waals surface area contributed by atoms with Crippen molar-refractivity contribution in [3.05, 3.63) is 16.1 Å². The van der Waals surface area contributed by atoms with E-state index < -0.39 is 0 Å². The molecule has 0 amide bonds. The van der Waals surface area contributed by atoms with Gasteiger partial charge in [-0.25, -0.2) is 4.98 Å². The maximum absolute atomic E-state index is 10.0. The first-order valence-corrected chi connectivity index (χ1v) is 8.44. The lowest BCUT2D eigenvalue weighted by Crippen LogP contribution is -2.13. The van der Waals surface area contributed by atoms with E-state index in [0.717, 1.165) is 23.5 Å². The maximum atomic E-state index is 10.0. The Morgan fingerprint density at radius 2 is 1.89 bits per heavy atom. The largest absolute Gasteiger partial charge is 0.393 e. The normalized spacial score (nSPS) is 13.7. The van der Waals surface area contributed by atoms with E-state index in [1.807, 2.05) is 0 Å². The van der Waals surface area contributed by atoms with Crippen LogP contribution >= 0.6 is 11.3 Å². The molecule has 0 saturated heterocycles. The molecule has 110 valence electrons. The quantitative estimate of drug-likeness (QED) is 0.701. The Morgan fingerprint density at radius 1 is 1.21 bits per heavy atom. The fraction of sp³-hybridized carbons (Fsp3) is 0.812. The van der Waals surface area contributed by atoms with Gasteiger partial charge in [-0.3, -0.25) is 0 Å². The van der Waals surface area contributed by atoms with Crippen LogP contribution in [0.15, 0.2) is 5.38 Å². The van der Waals surface area contributed by atoms with E-state index in [0.29, 0.717) is 6.42 Å². The molecule has 1 aromatic heterocycles. The van der Waals surface area contributed by atoms with Crippen molar-refractivity contribution in [1.82, 2.24) is 4.98 Å². The molecule has 0 aliphatic rings. The van der Waals surface area contributed by atoms with E-state index in [4.69, 9.17) is 0 Å². The number of aromatic nitrogens is 1. The monoisotopic (exact) mass is 283 g/mol. The lowest BCUT2D eigenvalue weighted by atomic mass is 9.93. The standard InChI is InChI=1S/C16H29NOS/c1-5-6-7-8-9-10-13(18)11-15-17-14(12-19-15)16(2,3)4/h12-13,18H,5-11H2,1-4H3. The molecule has 3 heteroatoms. The Bertz CT molecular complexity index is 354. The molecule has 19 heavy (non-hydrogen) atoms. The highest BCUT2D eigenvalue weighted by Crippen LogP contribution is 2.24. The summed E-state index contributed by atoms with van der Waals surface area (Å²) in [4.78, 5) is 4.64. The fourth-order valence-corrected chi connectivity index (χ4v) is 3.13. The Kier molecular flexibility index (Phi) is 7.01. The van der Waals surface area contributed by atoms with Crippen LogP contribution in [0, 0.1) is 0 Å². The number of thiazole rings is 1. The lowest BCUT2D eigenvalue weighted by Gasteiger charge is -2.14. The average molecular weight is 283 g/mol. The Morgan fingerprint density at radius 3 is 2.47 bits per heavy atom. The minimum atomic E-state index is -0.222. The molecule has 0 fully saturated rings. The molecule has 0 aliphatic heterocycles. The summed E-state index contributed by atoms with van der Waals surface area (Å²) >= 11 is 1.68. The molecular weight excluding hydrogens is 254 g/mol. The molecule has 1 unspecified atom stereocenters. The van der Waals surface area contributed by atoms with Gasteiger partial charge >= 0.3 is 0 Å². The molecule has 1 heterocycles. The van der Waals surface area contributed by atoms with Crippen molar-refractivity contribution < 1.29 is 5.11 Å². The summed E-state index contributed by atoms with van der Waals surface area (Å²) in [7, 11) is 0. The molecular formula is C16H29NOS. The van der Waals surface area contributed by atoms with E-state index in [1.54, 1.807) is 11.3 Å². The van der Waals surface area contributed by atoms with Crippen molar-refractivity contribution in [2.75, 3.05) is 0 Å². The van der Waals surface area contributed by atoms with Crippen LogP contribution in [-0.2, 0) is 11.8 Å². The van der Waals surface area contributed by atoms with Crippen LogP contribution in [0.5, 0.6) is 0 Å². The second-order valence-electron chi connectivity index (χ2n) is 6.44. The zero-order valence-corrected chi connectivity index (χ0v) is 13.7. The molecule has 0 saturated carbocycles. The maximum Gasteiger partial charge on any atom is 0.0954 e. The first-order valence-electron chi connectivity index (χ1n) is 7.56. The van der Waals surface area contributed by atoms with Gasteiger partial charge in [0.05, 0.1) is 16.8 Å². The summed E-state index contributed by atoms with van der Waals surface area (Å²) in [5.74, 6) is 0. The molecule has 0 aliphatic carbocycles. The van der Waals surface area contributed by atoms with E-state index in [1.165, 1.54) is 25.7 Å². The summed E-state index contributed by atoms with van der Waals surface area (Å²) in [5, 5.41) is 13.2. The molecule has 1 rings (SSSR count). The second-order valence-corrected chi connectivity index (χ2v) is 7.38. The molecule has 1 aromatic rings. The van der Waals surface area contributed by atoms with Gasteiger partial charge in [-0.15, -0.1) is 11.3 Å². The fourth-order valence-electron chi connectivity index (χ4n) is 2.04. The summed E-state index contributed by atoms with van der Waals surface area (Å²) in [6, 6.07) is 0. The highest BCUT2D eigenvalue weighted by atomic mass is 32.1. The number of aliphatic hydroxyl groups is 1. The number of unbranched alkanes of at least 4 members (excludes halogenated alkanes) is 4. The van der Waals surface area contributed by atoms with E-state index in [2.05, 4.69) is 38.1 Å². The molecule has 2 nitrogen and oxygen atoms in total. The predicted molar refractivity (Wildman–Crippen MR) is 83.9 cm³/mol. The minimum Gasteiger partial charge on any atom is -0.393 e. The van der Waals surface area contributed by atoms with Crippen molar-refractivity contribution in [3.8, 4) is 0 Å². The molecule has 0 aromatic carbocycles. The molecule has 0 radical (unpaired) electrons. The summed E-state index contributed by atoms with van der Waals surface area (Å²) < 4.78 is 0. The Hall–Kier alpha value is -0.410. The van der Waals surface area contributed by atoms with Gasteiger partial charge in [-0.1, -0.05) is 59.8 Å². The van der Waals surface area contributed by atoms with Crippen LogP contribution in [0.3, 0.4) is 0 Å². The van der Waals surface area contributed by atoms with Crippen LogP contribution < -0.4 is 0 Å². The first kappa shape index (κ1) is 16.6. The number of aliphatic hydroxyl groups excluding tert-OH is 1. The number of hydrogen-bond acceptors (Lipinski definition) is 3. The average Bonchev–Trinajstić information content (AvgIpc) is 2.77. The van der Waals surface area contributed by atoms with Crippen molar-refractivity contribution >= 4 is 11.3 Å². The zero-order chi connectivity index (χ0) is 14.3. The van der Waals surface area contributed by atoms with Crippen LogP contribution in [0.2, 0.25) is 0 Å². The van der Waals surface area contributed by atoms with Crippen molar-refractivity contribution in [1.29, 1.82) is 0 Å². The van der Waals surface area contributed by atoms with E-state index >= 15 is 0 Å². The third kappa shape index (κ3) is 6.53. The number of hydrogen-bond donors (Lipinski definition) is 1. The zero-order valence-electron chi connectivity index (χ0n) is 12.9. The van der Waals surface area contributed by atoms with Gasteiger partial charge in [-0.05, 0) is 6.42 Å². The Balaban J connectivity index is 2.28. The van der Waals surface area contributed by atoms with Crippen LogP contribution in [0.25, 0.3) is 0 Å². The molecule has 1 atom stereocenters. The smallest absolute Gasteiger partial charge is 0.0954 e. The SMILES string of the molecule is CCCCCCCC(O)Cc1nc(C(C)(C)C)cs1. The Labute approximate surface area is 122 Å². The lowest BCUT2D eigenvalue weighted by molar-refractivity contribution is 0.160. The van der Waals surface area contributed by atoms with Gasteiger partial charge < -0.3 is 5.11 Å². The first-order chi connectivity index (χ1) is 8.93. The molecule has 1 N–H and O–H groups in total. The third-order valence-corrected chi connectivity index (χ3v) is 4.24. The van der Waals surface area contributed by atoms with E-state index in [-0.39, 0.29) is 11.5 Å². The van der Waals surface area contributed by atoms with Gasteiger partial charge in [0.2, 0.25) is 0 Å². The summed E-state index contributed by atoms with van der Waals surface area (Å²) in [6.45, 7) is 8.76. The topological polar surface area (TPSA) is 33.1 Å². The van der Waals surface area contributed by atoms with Crippen molar-refractivity contribution in [2.24, 2.45) is 0 Å². The van der Waals surface area contributed by atoms with Crippen molar-refractivity contribution in [2.45, 2.75) is 84.2 Å². The van der Waals surface area contributed by atoms with Gasteiger partial charge in [0, 0.05) is 17.2 Å². The van der Waals surface area contributed by atoms with Crippen LogP contribution in [0.1, 0.15) is 76.9 Å². The second kappa shape index (κ2) is 8.01. The van der Waals surface area contributed by atoms with Gasteiger partial charge in [0.15, 0.2) is 0 Å². The van der Waals surface area contributed by atoms with Gasteiger partial charge in [-0.2, -0.15) is 0 Å². The highest BCUT2D eigenvalue weighted by Gasteiger charge is 2.18. The summed E-state index contributed by atoms with van der Waals surface area (Å²) in [6.07, 6.45) is 7.68. The van der Waals surface area contributed by atoms with E-state index in [9.17, 15) is 5.11 Å². The molecule has 0 bridgehead atoms. The van der Waals surface area contributed by atoms with Gasteiger partial charge in [0.1, 0.15) is 0 Å². The molecule has 0 spiro atoms. The highest BCUT2D eigenvalue weighted by molar-refractivity contribution is 7.09. The van der Waals surface area contributed by atoms with Crippen molar-refractivity contribution in [3.63, 3.8) is 0 Å². The van der Waals surface area contributed by atoms with Crippen LogP contribution in [0.4, 0.5) is 0 Å². The number of nitrogens with zero attached hydrogens (tertiary/aromatic N) is 1. The summed E-state index contributed by atoms with van der Waals surface area (Å²) in [5.41, 5.74) is 1.25. The third-order valence-electron chi connectivity index (χ3n) is 3.37.